The first kappa shape index (κ1) is 12.6. The molecule has 0 aliphatic carbocycles. The summed E-state index contributed by atoms with van der Waals surface area (Å²) in [5.74, 6) is 0.505. The molecule has 0 atom stereocenters. The summed E-state index contributed by atoms with van der Waals surface area (Å²) in [4.78, 5) is 6.89. The number of piperidine rings is 1. The molecule has 1 aliphatic heterocycles. The quantitative estimate of drug-likeness (QED) is 0.916. The van der Waals surface area contributed by atoms with E-state index in [2.05, 4.69) is 34.1 Å². The van der Waals surface area contributed by atoms with E-state index in [-0.39, 0.29) is 0 Å². The zero-order valence-electron chi connectivity index (χ0n) is 11.1. The lowest BCUT2D eigenvalue weighted by Crippen LogP contribution is -2.34. The summed E-state index contributed by atoms with van der Waals surface area (Å²) in [6.07, 6.45) is 4.12. The molecule has 1 aromatic carbocycles. The molecule has 1 aliphatic rings. The Morgan fingerprint density at radius 3 is 2.74 bits per heavy atom. The second kappa shape index (κ2) is 5.68. The van der Waals surface area contributed by atoms with Crippen LogP contribution in [0.2, 0.25) is 0 Å². The van der Waals surface area contributed by atoms with Crippen LogP contribution in [0.25, 0.3) is 10.9 Å². The average Bonchev–Trinajstić information content (AvgIpc) is 2.48. The molecular weight excluding hydrogens is 236 g/mol. The third kappa shape index (κ3) is 2.77. The number of pyridine rings is 1. The van der Waals surface area contributed by atoms with E-state index in [1.165, 1.54) is 10.9 Å². The number of aliphatic hydroxyl groups excluding tert-OH is 1. The van der Waals surface area contributed by atoms with E-state index in [1.54, 1.807) is 0 Å². The molecule has 1 fully saturated rings. The Labute approximate surface area is 113 Å². The first-order valence-electron chi connectivity index (χ1n) is 7.02. The summed E-state index contributed by atoms with van der Waals surface area (Å²) in [6.45, 7) is 3.50. The maximum absolute atomic E-state index is 9.18. The first-order chi connectivity index (χ1) is 9.36. The standard InChI is InChI=1S/C16H20N2O/c19-12-13-6-9-18(10-7-13)11-14-5-8-17-16-4-2-1-3-15(14)16/h1-5,8,13,19H,6-7,9-12H2. The van der Waals surface area contributed by atoms with Crippen LogP contribution in [0.4, 0.5) is 0 Å². The molecule has 3 nitrogen and oxygen atoms in total. The van der Waals surface area contributed by atoms with Gasteiger partial charge < -0.3 is 5.11 Å². The summed E-state index contributed by atoms with van der Waals surface area (Å²) < 4.78 is 0. The van der Waals surface area contributed by atoms with Crippen LogP contribution in [-0.4, -0.2) is 34.7 Å². The van der Waals surface area contributed by atoms with Gasteiger partial charge in [-0.3, -0.25) is 9.88 Å². The van der Waals surface area contributed by atoms with Crippen LogP contribution >= 0.6 is 0 Å². The van der Waals surface area contributed by atoms with Crippen molar-refractivity contribution in [1.29, 1.82) is 0 Å². The van der Waals surface area contributed by atoms with Gasteiger partial charge in [0.25, 0.3) is 0 Å². The minimum atomic E-state index is 0.339. The van der Waals surface area contributed by atoms with Crippen molar-refractivity contribution < 1.29 is 5.11 Å². The zero-order valence-corrected chi connectivity index (χ0v) is 11.1. The SMILES string of the molecule is OCC1CCN(Cc2ccnc3ccccc23)CC1. The van der Waals surface area contributed by atoms with Crippen molar-refractivity contribution in [3.8, 4) is 0 Å². The van der Waals surface area contributed by atoms with Crippen molar-refractivity contribution in [2.45, 2.75) is 19.4 Å². The number of aliphatic hydroxyl groups is 1. The Kier molecular flexibility index (Phi) is 3.76. The third-order valence-electron chi connectivity index (χ3n) is 4.10. The highest BCUT2D eigenvalue weighted by Crippen LogP contribution is 2.22. The maximum atomic E-state index is 9.18. The highest BCUT2D eigenvalue weighted by Gasteiger charge is 2.18. The van der Waals surface area contributed by atoms with Gasteiger partial charge in [0.15, 0.2) is 0 Å². The molecule has 0 saturated carbocycles. The number of hydrogen-bond donors (Lipinski definition) is 1. The van der Waals surface area contributed by atoms with Crippen LogP contribution in [0.5, 0.6) is 0 Å². The monoisotopic (exact) mass is 256 g/mol. The number of nitrogens with zero attached hydrogens (tertiary/aromatic N) is 2. The molecule has 0 amide bonds. The van der Waals surface area contributed by atoms with Gasteiger partial charge in [0.2, 0.25) is 0 Å². The summed E-state index contributed by atoms with van der Waals surface area (Å²) in [6, 6.07) is 10.5. The number of fused-ring (bicyclic) bond motifs is 1. The summed E-state index contributed by atoms with van der Waals surface area (Å²) in [5.41, 5.74) is 2.43. The lowest BCUT2D eigenvalue weighted by Gasteiger charge is -2.31. The second-order valence-corrected chi connectivity index (χ2v) is 5.39. The van der Waals surface area contributed by atoms with E-state index in [4.69, 9.17) is 0 Å². The topological polar surface area (TPSA) is 36.4 Å². The van der Waals surface area contributed by atoms with E-state index in [1.807, 2.05) is 12.3 Å². The van der Waals surface area contributed by atoms with Crippen LogP contribution in [0.15, 0.2) is 36.5 Å². The highest BCUT2D eigenvalue weighted by atomic mass is 16.3. The molecule has 0 bridgehead atoms. The fraction of sp³-hybridized carbons (Fsp3) is 0.438. The molecule has 3 heteroatoms. The summed E-state index contributed by atoms with van der Waals surface area (Å²) >= 11 is 0. The van der Waals surface area contributed by atoms with Crippen molar-refractivity contribution in [2.24, 2.45) is 5.92 Å². The number of para-hydroxylation sites is 1. The number of hydrogen-bond acceptors (Lipinski definition) is 3. The molecule has 100 valence electrons. The molecule has 1 saturated heterocycles. The Hall–Kier alpha value is -1.45. The van der Waals surface area contributed by atoms with E-state index >= 15 is 0 Å². The van der Waals surface area contributed by atoms with Crippen molar-refractivity contribution >= 4 is 10.9 Å². The Balaban J connectivity index is 1.75. The number of rotatable bonds is 3. The lowest BCUT2D eigenvalue weighted by molar-refractivity contribution is 0.127. The lowest BCUT2D eigenvalue weighted by atomic mass is 9.97. The number of benzene rings is 1. The molecule has 1 aromatic heterocycles. The van der Waals surface area contributed by atoms with E-state index in [0.29, 0.717) is 12.5 Å². The normalized spacial score (nSPS) is 17.9. The van der Waals surface area contributed by atoms with Gasteiger partial charge in [0.05, 0.1) is 5.52 Å². The van der Waals surface area contributed by atoms with Gasteiger partial charge in [-0.1, -0.05) is 18.2 Å². The highest BCUT2D eigenvalue weighted by molar-refractivity contribution is 5.81. The molecule has 0 radical (unpaired) electrons. The van der Waals surface area contributed by atoms with E-state index < -0.39 is 0 Å². The third-order valence-corrected chi connectivity index (χ3v) is 4.10. The second-order valence-electron chi connectivity index (χ2n) is 5.39. The van der Waals surface area contributed by atoms with Crippen LogP contribution in [0, 0.1) is 5.92 Å². The largest absolute Gasteiger partial charge is 0.396 e. The summed E-state index contributed by atoms with van der Waals surface area (Å²) in [7, 11) is 0. The number of aromatic nitrogens is 1. The maximum Gasteiger partial charge on any atom is 0.0705 e. The predicted molar refractivity (Wildman–Crippen MR) is 76.8 cm³/mol. The van der Waals surface area contributed by atoms with Gasteiger partial charge in [-0.25, -0.2) is 0 Å². The molecule has 0 spiro atoms. The van der Waals surface area contributed by atoms with Crippen molar-refractivity contribution in [2.75, 3.05) is 19.7 Å². The Morgan fingerprint density at radius 1 is 1.16 bits per heavy atom. The molecular formula is C16H20N2O. The fourth-order valence-electron chi connectivity index (χ4n) is 2.86. The Morgan fingerprint density at radius 2 is 1.95 bits per heavy atom. The van der Waals surface area contributed by atoms with Gasteiger partial charge >= 0.3 is 0 Å². The smallest absolute Gasteiger partial charge is 0.0705 e. The molecule has 0 unspecified atom stereocenters. The van der Waals surface area contributed by atoms with Gasteiger partial charge in [0.1, 0.15) is 0 Å². The number of likely N-dealkylation sites (tertiary alicyclic amines) is 1. The zero-order chi connectivity index (χ0) is 13.1. The minimum absolute atomic E-state index is 0.339. The van der Waals surface area contributed by atoms with Crippen molar-refractivity contribution in [1.82, 2.24) is 9.88 Å². The molecule has 2 aromatic rings. The summed E-state index contributed by atoms with van der Waals surface area (Å²) in [5, 5.41) is 10.4. The van der Waals surface area contributed by atoms with Gasteiger partial charge in [-0.15, -0.1) is 0 Å². The van der Waals surface area contributed by atoms with Crippen molar-refractivity contribution in [3.63, 3.8) is 0 Å². The average molecular weight is 256 g/mol. The molecule has 1 N–H and O–H groups in total. The van der Waals surface area contributed by atoms with Crippen LogP contribution < -0.4 is 0 Å². The molecule has 3 rings (SSSR count). The molecule has 19 heavy (non-hydrogen) atoms. The predicted octanol–water partition coefficient (Wildman–Crippen LogP) is 2.44. The van der Waals surface area contributed by atoms with Crippen LogP contribution in [-0.2, 0) is 6.54 Å². The van der Waals surface area contributed by atoms with Gasteiger partial charge in [-0.05, 0) is 49.5 Å². The van der Waals surface area contributed by atoms with Crippen LogP contribution in [0.3, 0.4) is 0 Å². The van der Waals surface area contributed by atoms with E-state index in [9.17, 15) is 5.11 Å². The van der Waals surface area contributed by atoms with Crippen molar-refractivity contribution in [3.05, 3.63) is 42.1 Å². The van der Waals surface area contributed by atoms with Crippen LogP contribution in [0.1, 0.15) is 18.4 Å². The fourth-order valence-corrected chi connectivity index (χ4v) is 2.86. The molecule has 2 heterocycles. The van der Waals surface area contributed by atoms with Gasteiger partial charge in [-0.2, -0.15) is 0 Å². The minimum Gasteiger partial charge on any atom is -0.396 e. The van der Waals surface area contributed by atoms with E-state index in [0.717, 1.165) is 38.0 Å². The first-order valence-corrected chi connectivity index (χ1v) is 7.02. The Bertz CT molecular complexity index is 542. The van der Waals surface area contributed by atoms with Gasteiger partial charge in [0, 0.05) is 24.7 Å².